The monoisotopic (exact) mass is 287 g/mol. The second-order valence-corrected chi connectivity index (χ2v) is 4.48. The predicted octanol–water partition coefficient (Wildman–Crippen LogP) is 3.16. The van der Waals surface area contributed by atoms with Crippen LogP contribution in [0.5, 0.6) is 0 Å². The average molecular weight is 288 g/mol. The second-order valence-electron chi connectivity index (χ2n) is 3.64. The highest BCUT2D eigenvalue weighted by molar-refractivity contribution is 6.35. The SMILES string of the molecule is COCCCNC(=O)/C=C/c1ccc(Cl)cc1Cl. The summed E-state index contributed by atoms with van der Waals surface area (Å²) in [5.41, 5.74) is 0.758. The molecule has 0 aliphatic heterocycles. The predicted molar refractivity (Wildman–Crippen MR) is 75.0 cm³/mol. The Bertz CT molecular complexity index is 433. The van der Waals surface area contributed by atoms with E-state index in [2.05, 4.69) is 5.32 Å². The van der Waals surface area contributed by atoms with E-state index in [9.17, 15) is 4.79 Å². The molecule has 0 heterocycles. The molecule has 0 unspecified atom stereocenters. The Morgan fingerprint density at radius 3 is 2.89 bits per heavy atom. The van der Waals surface area contributed by atoms with Gasteiger partial charge in [0.2, 0.25) is 5.91 Å². The topological polar surface area (TPSA) is 38.3 Å². The molecule has 0 aliphatic carbocycles. The first-order chi connectivity index (χ1) is 8.63. The van der Waals surface area contributed by atoms with Gasteiger partial charge in [-0.2, -0.15) is 0 Å². The number of methoxy groups -OCH3 is 1. The van der Waals surface area contributed by atoms with Crippen molar-refractivity contribution in [3.8, 4) is 0 Å². The van der Waals surface area contributed by atoms with Crippen LogP contribution in [-0.4, -0.2) is 26.2 Å². The largest absolute Gasteiger partial charge is 0.385 e. The molecule has 3 nitrogen and oxygen atoms in total. The molecule has 0 saturated carbocycles. The fourth-order valence-electron chi connectivity index (χ4n) is 1.29. The highest BCUT2D eigenvalue weighted by Crippen LogP contribution is 2.21. The van der Waals surface area contributed by atoms with Crippen molar-refractivity contribution in [2.75, 3.05) is 20.3 Å². The normalized spacial score (nSPS) is 10.8. The third-order valence-corrected chi connectivity index (χ3v) is 2.76. The quantitative estimate of drug-likeness (QED) is 0.645. The van der Waals surface area contributed by atoms with Crippen LogP contribution in [0.3, 0.4) is 0 Å². The van der Waals surface area contributed by atoms with E-state index in [1.165, 1.54) is 6.08 Å². The van der Waals surface area contributed by atoms with Crippen LogP contribution in [0.1, 0.15) is 12.0 Å². The smallest absolute Gasteiger partial charge is 0.244 e. The van der Waals surface area contributed by atoms with Gasteiger partial charge in [0.25, 0.3) is 0 Å². The van der Waals surface area contributed by atoms with Crippen LogP contribution in [0, 0.1) is 0 Å². The summed E-state index contributed by atoms with van der Waals surface area (Å²) in [5, 5.41) is 3.83. The first kappa shape index (κ1) is 15.0. The summed E-state index contributed by atoms with van der Waals surface area (Å²) in [6.07, 6.45) is 3.89. The number of carbonyl (C=O) groups is 1. The lowest BCUT2D eigenvalue weighted by molar-refractivity contribution is -0.116. The molecule has 1 rings (SSSR count). The number of rotatable bonds is 6. The lowest BCUT2D eigenvalue weighted by Crippen LogP contribution is -2.22. The van der Waals surface area contributed by atoms with Crippen molar-refractivity contribution in [1.82, 2.24) is 5.32 Å². The van der Waals surface area contributed by atoms with Crippen molar-refractivity contribution in [2.24, 2.45) is 0 Å². The zero-order valence-corrected chi connectivity index (χ0v) is 11.6. The molecular formula is C13H15Cl2NO2. The van der Waals surface area contributed by atoms with Crippen LogP contribution in [0.15, 0.2) is 24.3 Å². The Kier molecular flexibility index (Phi) is 6.80. The Morgan fingerprint density at radius 1 is 1.44 bits per heavy atom. The minimum atomic E-state index is -0.155. The highest BCUT2D eigenvalue weighted by Gasteiger charge is 1.99. The summed E-state index contributed by atoms with van der Waals surface area (Å²) >= 11 is 11.8. The van der Waals surface area contributed by atoms with E-state index in [1.54, 1.807) is 31.4 Å². The molecule has 0 spiro atoms. The van der Waals surface area contributed by atoms with Gasteiger partial charge in [-0.15, -0.1) is 0 Å². The van der Waals surface area contributed by atoms with Crippen molar-refractivity contribution in [3.05, 3.63) is 39.9 Å². The minimum absolute atomic E-state index is 0.155. The lowest BCUT2D eigenvalue weighted by atomic mass is 10.2. The van der Waals surface area contributed by atoms with Crippen molar-refractivity contribution in [2.45, 2.75) is 6.42 Å². The van der Waals surface area contributed by atoms with Gasteiger partial charge in [0.1, 0.15) is 0 Å². The second kappa shape index (κ2) is 8.14. The number of carbonyl (C=O) groups excluding carboxylic acids is 1. The fourth-order valence-corrected chi connectivity index (χ4v) is 1.76. The highest BCUT2D eigenvalue weighted by atomic mass is 35.5. The third-order valence-electron chi connectivity index (χ3n) is 2.20. The molecule has 98 valence electrons. The van der Waals surface area contributed by atoms with Crippen molar-refractivity contribution in [1.29, 1.82) is 0 Å². The summed E-state index contributed by atoms with van der Waals surface area (Å²) in [4.78, 5) is 11.4. The Hall–Kier alpha value is -1.03. The maximum atomic E-state index is 11.4. The number of halogens is 2. The molecule has 0 radical (unpaired) electrons. The maximum Gasteiger partial charge on any atom is 0.244 e. The van der Waals surface area contributed by atoms with E-state index in [0.717, 1.165) is 12.0 Å². The standard InChI is InChI=1S/C13H15Cl2NO2/c1-18-8-2-7-16-13(17)6-4-10-3-5-11(14)9-12(10)15/h3-6,9H,2,7-8H2,1H3,(H,16,17)/b6-4+. The molecule has 1 N–H and O–H groups in total. The summed E-state index contributed by atoms with van der Waals surface area (Å²) in [6.45, 7) is 1.22. The third kappa shape index (κ3) is 5.54. The number of hydrogen-bond donors (Lipinski definition) is 1. The average Bonchev–Trinajstić information content (AvgIpc) is 2.33. The molecule has 0 atom stereocenters. The summed E-state index contributed by atoms with van der Waals surface area (Å²) in [6, 6.07) is 5.13. The molecule has 1 aromatic carbocycles. The number of amides is 1. The van der Waals surface area contributed by atoms with Gasteiger partial charge >= 0.3 is 0 Å². The molecule has 0 saturated heterocycles. The van der Waals surface area contributed by atoms with Crippen LogP contribution in [0.25, 0.3) is 6.08 Å². The van der Waals surface area contributed by atoms with Gasteiger partial charge in [-0.1, -0.05) is 29.3 Å². The van der Waals surface area contributed by atoms with Crippen LogP contribution in [0.2, 0.25) is 10.0 Å². The van der Waals surface area contributed by atoms with Crippen LogP contribution in [0.4, 0.5) is 0 Å². The zero-order chi connectivity index (χ0) is 13.4. The van der Waals surface area contributed by atoms with Crippen molar-refractivity contribution in [3.63, 3.8) is 0 Å². The van der Waals surface area contributed by atoms with Crippen molar-refractivity contribution >= 4 is 35.2 Å². The molecule has 0 bridgehead atoms. The Morgan fingerprint density at radius 2 is 2.22 bits per heavy atom. The van der Waals surface area contributed by atoms with Crippen LogP contribution >= 0.6 is 23.2 Å². The molecule has 18 heavy (non-hydrogen) atoms. The number of ether oxygens (including phenoxy) is 1. The maximum absolute atomic E-state index is 11.4. The summed E-state index contributed by atoms with van der Waals surface area (Å²) < 4.78 is 4.88. The minimum Gasteiger partial charge on any atom is -0.385 e. The molecule has 0 aliphatic rings. The van der Waals surface area contributed by atoms with Gasteiger partial charge in [0.05, 0.1) is 0 Å². The van der Waals surface area contributed by atoms with E-state index in [4.69, 9.17) is 27.9 Å². The number of benzene rings is 1. The molecule has 1 aromatic rings. The van der Waals surface area contributed by atoms with Gasteiger partial charge in [-0.3, -0.25) is 4.79 Å². The molecule has 0 aromatic heterocycles. The lowest BCUT2D eigenvalue weighted by Gasteiger charge is -2.01. The zero-order valence-electron chi connectivity index (χ0n) is 10.1. The molecule has 0 fully saturated rings. The van der Waals surface area contributed by atoms with Gasteiger partial charge < -0.3 is 10.1 Å². The van der Waals surface area contributed by atoms with Crippen LogP contribution < -0.4 is 5.32 Å². The summed E-state index contributed by atoms with van der Waals surface area (Å²) in [5.74, 6) is -0.155. The summed E-state index contributed by atoms with van der Waals surface area (Å²) in [7, 11) is 1.63. The first-order valence-electron chi connectivity index (χ1n) is 5.53. The van der Waals surface area contributed by atoms with Crippen LogP contribution in [-0.2, 0) is 9.53 Å². The van der Waals surface area contributed by atoms with Gasteiger partial charge in [-0.25, -0.2) is 0 Å². The molecule has 1 amide bonds. The number of nitrogens with one attached hydrogen (secondary N) is 1. The fraction of sp³-hybridized carbons (Fsp3) is 0.308. The Balaban J connectivity index is 2.45. The molecular weight excluding hydrogens is 273 g/mol. The number of hydrogen-bond acceptors (Lipinski definition) is 2. The van der Waals surface area contributed by atoms with E-state index in [-0.39, 0.29) is 5.91 Å². The van der Waals surface area contributed by atoms with Gasteiger partial charge in [0.15, 0.2) is 0 Å². The van der Waals surface area contributed by atoms with Gasteiger partial charge in [0, 0.05) is 36.4 Å². The van der Waals surface area contributed by atoms with Crippen molar-refractivity contribution < 1.29 is 9.53 Å². The van der Waals surface area contributed by atoms with Gasteiger partial charge in [-0.05, 0) is 30.2 Å². The van der Waals surface area contributed by atoms with E-state index >= 15 is 0 Å². The van der Waals surface area contributed by atoms with E-state index in [0.29, 0.717) is 23.2 Å². The molecule has 5 heteroatoms. The Labute approximate surface area is 117 Å². The van der Waals surface area contributed by atoms with E-state index in [1.807, 2.05) is 0 Å². The van der Waals surface area contributed by atoms with E-state index < -0.39 is 0 Å². The first-order valence-corrected chi connectivity index (χ1v) is 6.29.